The predicted octanol–water partition coefficient (Wildman–Crippen LogP) is 2.64. The molecule has 0 saturated carbocycles. The lowest BCUT2D eigenvalue weighted by atomic mass is 10.2. The number of ether oxygens (including phenoxy) is 2. The van der Waals surface area contributed by atoms with E-state index in [2.05, 4.69) is 10.6 Å². The number of anilines is 2. The van der Waals surface area contributed by atoms with Crippen molar-refractivity contribution in [1.29, 1.82) is 0 Å². The van der Waals surface area contributed by atoms with Crippen LogP contribution in [-0.4, -0.2) is 19.6 Å². The third-order valence-electron chi connectivity index (χ3n) is 3.29. The van der Waals surface area contributed by atoms with Crippen LogP contribution in [0.5, 0.6) is 11.5 Å². The van der Waals surface area contributed by atoms with Crippen molar-refractivity contribution >= 4 is 17.3 Å². The molecule has 2 N–H and O–H groups in total. The van der Waals surface area contributed by atoms with E-state index in [0.29, 0.717) is 18.0 Å². The Morgan fingerprint density at radius 1 is 1.29 bits per heavy atom. The lowest BCUT2D eigenvalue weighted by Gasteiger charge is -2.19. The highest BCUT2D eigenvalue weighted by atomic mass is 16.5. The van der Waals surface area contributed by atoms with Crippen LogP contribution in [0, 0.1) is 0 Å². The van der Waals surface area contributed by atoms with Crippen LogP contribution in [0.4, 0.5) is 11.4 Å². The van der Waals surface area contributed by atoms with Crippen LogP contribution in [-0.2, 0) is 11.3 Å². The van der Waals surface area contributed by atoms with Gasteiger partial charge in [-0.25, -0.2) is 0 Å². The average molecular weight is 284 g/mol. The third kappa shape index (κ3) is 2.91. The molecule has 0 saturated heterocycles. The van der Waals surface area contributed by atoms with Crippen LogP contribution in [0.2, 0.25) is 0 Å². The standard InChI is InChI=1S/C16H16N2O3/c1-20-14-5-3-2-4-11(14)9-17-12-6-7-13-15(8-12)21-10-16(19)18-13/h2-8,17H,9-10H2,1H3,(H,18,19). The molecule has 1 aliphatic heterocycles. The maximum Gasteiger partial charge on any atom is 0.262 e. The van der Waals surface area contributed by atoms with Crippen LogP contribution < -0.4 is 20.1 Å². The van der Waals surface area contributed by atoms with Gasteiger partial charge in [-0.15, -0.1) is 0 Å². The quantitative estimate of drug-likeness (QED) is 0.906. The molecule has 1 amide bonds. The summed E-state index contributed by atoms with van der Waals surface area (Å²) in [5, 5.41) is 6.09. The second kappa shape index (κ2) is 5.75. The summed E-state index contributed by atoms with van der Waals surface area (Å²) >= 11 is 0. The lowest BCUT2D eigenvalue weighted by Crippen LogP contribution is -2.25. The Bertz CT molecular complexity index is 670. The van der Waals surface area contributed by atoms with Crippen molar-refractivity contribution in [2.45, 2.75) is 6.54 Å². The molecule has 5 nitrogen and oxygen atoms in total. The molecule has 21 heavy (non-hydrogen) atoms. The molecule has 0 atom stereocenters. The summed E-state index contributed by atoms with van der Waals surface area (Å²) in [5.41, 5.74) is 2.71. The van der Waals surface area contributed by atoms with E-state index in [1.165, 1.54) is 0 Å². The molecule has 108 valence electrons. The summed E-state index contributed by atoms with van der Waals surface area (Å²) in [5.74, 6) is 1.41. The zero-order chi connectivity index (χ0) is 14.7. The molecular weight excluding hydrogens is 268 g/mol. The van der Waals surface area contributed by atoms with Gasteiger partial charge in [0.25, 0.3) is 5.91 Å². The summed E-state index contributed by atoms with van der Waals surface area (Å²) in [6.07, 6.45) is 0. The minimum Gasteiger partial charge on any atom is -0.496 e. The van der Waals surface area contributed by atoms with Crippen molar-refractivity contribution in [2.24, 2.45) is 0 Å². The van der Waals surface area contributed by atoms with E-state index in [4.69, 9.17) is 9.47 Å². The number of rotatable bonds is 4. The number of nitrogens with one attached hydrogen (secondary N) is 2. The highest BCUT2D eigenvalue weighted by Crippen LogP contribution is 2.31. The molecule has 0 radical (unpaired) electrons. The highest BCUT2D eigenvalue weighted by Gasteiger charge is 2.15. The van der Waals surface area contributed by atoms with Gasteiger partial charge in [-0.05, 0) is 18.2 Å². The summed E-state index contributed by atoms with van der Waals surface area (Å²) < 4.78 is 10.7. The average Bonchev–Trinajstić information content (AvgIpc) is 2.53. The summed E-state index contributed by atoms with van der Waals surface area (Å²) in [6.45, 7) is 0.706. The number of hydrogen-bond donors (Lipinski definition) is 2. The van der Waals surface area contributed by atoms with Gasteiger partial charge in [0.15, 0.2) is 6.61 Å². The van der Waals surface area contributed by atoms with Gasteiger partial charge in [-0.3, -0.25) is 4.79 Å². The molecule has 0 fully saturated rings. The van der Waals surface area contributed by atoms with Gasteiger partial charge < -0.3 is 20.1 Å². The van der Waals surface area contributed by atoms with Gasteiger partial charge in [0.1, 0.15) is 11.5 Å². The first kappa shape index (κ1) is 13.3. The number of hydrogen-bond acceptors (Lipinski definition) is 4. The Hall–Kier alpha value is -2.69. The topological polar surface area (TPSA) is 59.6 Å². The molecule has 0 spiro atoms. The van der Waals surface area contributed by atoms with E-state index in [1.807, 2.05) is 42.5 Å². The smallest absolute Gasteiger partial charge is 0.262 e. The predicted molar refractivity (Wildman–Crippen MR) is 80.9 cm³/mol. The van der Waals surface area contributed by atoms with Crippen molar-refractivity contribution in [3.05, 3.63) is 48.0 Å². The number of fused-ring (bicyclic) bond motifs is 1. The number of para-hydroxylation sites is 1. The Morgan fingerprint density at radius 3 is 3.00 bits per heavy atom. The van der Waals surface area contributed by atoms with E-state index >= 15 is 0 Å². The minimum atomic E-state index is -0.128. The fourth-order valence-electron chi connectivity index (χ4n) is 2.23. The minimum absolute atomic E-state index is 0.0585. The molecule has 0 unspecified atom stereocenters. The summed E-state index contributed by atoms with van der Waals surface area (Å²) in [4.78, 5) is 11.2. The third-order valence-corrected chi connectivity index (χ3v) is 3.29. The van der Waals surface area contributed by atoms with Gasteiger partial charge in [-0.2, -0.15) is 0 Å². The molecule has 2 aromatic rings. The number of carbonyl (C=O) groups excluding carboxylic acids is 1. The number of methoxy groups -OCH3 is 1. The maximum atomic E-state index is 11.2. The SMILES string of the molecule is COc1ccccc1CNc1ccc2c(c1)OCC(=O)N2. The van der Waals surface area contributed by atoms with E-state index in [0.717, 1.165) is 17.0 Å². The van der Waals surface area contributed by atoms with E-state index < -0.39 is 0 Å². The zero-order valence-corrected chi connectivity index (χ0v) is 11.7. The number of carbonyl (C=O) groups is 1. The highest BCUT2D eigenvalue weighted by molar-refractivity contribution is 5.95. The Morgan fingerprint density at radius 2 is 2.14 bits per heavy atom. The first-order valence-electron chi connectivity index (χ1n) is 6.69. The monoisotopic (exact) mass is 284 g/mol. The largest absolute Gasteiger partial charge is 0.496 e. The van der Waals surface area contributed by atoms with Crippen molar-refractivity contribution < 1.29 is 14.3 Å². The Kier molecular flexibility index (Phi) is 3.64. The molecule has 3 rings (SSSR count). The van der Waals surface area contributed by atoms with Crippen LogP contribution in [0.25, 0.3) is 0 Å². The lowest BCUT2D eigenvalue weighted by molar-refractivity contribution is -0.118. The van der Waals surface area contributed by atoms with Gasteiger partial charge >= 0.3 is 0 Å². The zero-order valence-electron chi connectivity index (χ0n) is 11.7. The van der Waals surface area contributed by atoms with E-state index in [1.54, 1.807) is 7.11 Å². The first-order valence-corrected chi connectivity index (χ1v) is 6.69. The van der Waals surface area contributed by atoms with Crippen LogP contribution in [0.3, 0.4) is 0 Å². The molecule has 5 heteroatoms. The number of benzene rings is 2. The summed E-state index contributed by atoms with van der Waals surface area (Å²) in [6, 6.07) is 13.5. The van der Waals surface area contributed by atoms with Crippen LogP contribution in [0.1, 0.15) is 5.56 Å². The normalized spacial score (nSPS) is 12.9. The molecule has 1 heterocycles. The van der Waals surface area contributed by atoms with Crippen LogP contribution in [0.15, 0.2) is 42.5 Å². The van der Waals surface area contributed by atoms with Gasteiger partial charge in [-0.1, -0.05) is 18.2 Å². The van der Waals surface area contributed by atoms with Crippen molar-refractivity contribution in [1.82, 2.24) is 0 Å². The van der Waals surface area contributed by atoms with E-state index in [9.17, 15) is 4.79 Å². The van der Waals surface area contributed by atoms with Crippen molar-refractivity contribution in [3.8, 4) is 11.5 Å². The molecule has 0 aromatic heterocycles. The van der Waals surface area contributed by atoms with E-state index in [-0.39, 0.29) is 12.5 Å². The molecule has 1 aliphatic rings. The van der Waals surface area contributed by atoms with Gasteiger partial charge in [0.05, 0.1) is 12.8 Å². The number of amides is 1. The van der Waals surface area contributed by atoms with Crippen molar-refractivity contribution in [3.63, 3.8) is 0 Å². The maximum absolute atomic E-state index is 11.2. The fraction of sp³-hybridized carbons (Fsp3) is 0.188. The molecule has 0 aliphatic carbocycles. The Labute approximate surface area is 122 Å². The molecule has 0 bridgehead atoms. The second-order valence-electron chi connectivity index (χ2n) is 4.71. The molecule has 2 aromatic carbocycles. The first-order chi connectivity index (χ1) is 10.3. The fourth-order valence-corrected chi connectivity index (χ4v) is 2.23. The Balaban J connectivity index is 1.72. The van der Waals surface area contributed by atoms with Gasteiger partial charge in [0, 0.05) is 23.9 Å². The van der Waals surface area contributed by atoms with Crippen molar-refractivity contribution in [2.75, 3.05) is 24.4 Å². The molecular formula is C16H16N2O3. The van der Waals surface area contributed by atoms with Gasteiger partial charge in [0.2, 0.25) is 0 Å². The summed E-state index contributed by atoms with van der Waals surface area (Å²) in [7, 11) is 1.66. The van der Waals surface area contributed by atoms with Crippen LogP contribution >= 0.6 is 0 Å². The second-order valence-corrected chi connectivity index (χ2v) is 4.71.